The van der Waals surface area contributed by atoms with Crippen LogP contribution in [-0.2, 0) is 0 Å². The highest BCUT2D eigenvalue weighted by molar-refractivity contribution is 5.61. The van der Waals surface area contributed by atoms with E-state index in [-0.39, 0.29) is 17.5 Å². The molecule has 4 nitrogen and oxygen atoms in total. The molecule has 172 valence electrons. The maximum atomic E-state index is 14.2. The summed E-state index contributed by atoms with van der Waals surface area (Å²) in [5.74, 6) is 0.0770. The van der Waals surface area contributed by atoms with Crippen molar-refractivity contribution in [3.05, 3.63) is 47.8 Å². The summed E-state index contributed by atoms with van der Waals surface area (Å²) in [4.78, 5) is 6.71. The van der Waals surface area contributed by atoms with Crippen LogP contribution in [0.15, 0.2) is 47.2 Å². The number of aliphatic imine (C=N–C) groups is 1. The number of nitrogens with one attached hydrogen (secondary N) is 1. The van der Waals surface area contributed by atoms with Crippen molar-refractivity contribution < 1.29 is 13.2 Å². The van der Waals surface area contributed by atoms with E-state index in [9.17, 15) is 18.4 Å². The lowest BCUT2D eigenvalue weighted by atomic mass is 9.82. The zero-order chi connectivity index (χ0) is 22.8. The SMILES string of the molecule is CC1CC=NC(C(NC(c2ccccc2)C(F)(F)F)C2CCCCC2)=CN1C1(C#N)CC1. The number of nitrogens with zero attached hydrogens (tertiary/aromatic N) is 3. The lowest BCUT2D eigenvalue weighted by molar-refractivity contribution is -0.160. The van der Waals surface area contributed by atoms with Crippen molar-refractivity contribution in [3.63, 3.8) is 0 Å². The van der Waals surface area contributed by atoms with Crippen molar-refractivity contribution in [1.82, 2.24) is 10.2 Å². The Balaban J connectivity index is 1.71. The van der Waals surface area contributed by atoms with Gasteiger partial charge in [0.25, 0.3) is 0 Å². The summed E-state index contributed by atoms with van der Waals surface area (Å²) in [5, 5.41) is 12.8. The van der Waals surface area contributed by atoms with Gasteiger partial charge in [0.15, 0.2) is 0 Å². The van der Waals surface area contributed by atoms with Gasteiger partial charge in [-0.3, -0.25) is 10.3 Å². The van der Waals surface area contributed by atoms with Gasteiger partial charge >= 0.3 is 6.18 Å². The standard InChI is InChI=1S/C25H31F3N4/c1-18-12-15-30-21(16-32(18)24(17-29)13-14-24)22(19-8-4-2-5-9-19)31-23(25(26,27)28)20-10-6-3-7-11-20/h3,6-7,10-11,15-16,18-19,22-23,31H,2,4-5,8-9,12-14H2,1H3. The first-order valence-electron chi connectivity index (χ1n) is 11.7. The molecule has 4 rings (SSSR count). The fourth-order valence-corrected chi connectivity index (χ4v) is 5.11. The molecule has 1 aromatic rings. The zero-order valence-electron chi connectivity index (χ0n) is 18.5. The number of rotatable bonds is 6. The quantitative estimate of drug-likeness (QED) is 0.595. The van der Waals surface area contributed by atoms with E-state index in [4.69, 9.17) is 0 Å². The summed E-state index contributed by atoms with van der Waals surface area (Å²) >= 11 is 0. The Labute approximate surface area is 188 Å². The number of halogens is 3. The van der Waals surface area contributed by atoms with Crippen molar-refractivity contribution in [3.8, 4) is 6.07 Å². The van der Waals surface area contributed by atoms with Crippen LogP contribution >= 0.6 is 0 Å². The Bertz CT molecular complexity index is 877. The highest BCUT2D eigenvalue weighted by atomic mass is 19.4. The van der Waals surface area contributed by atoms with E-state index in [1.807, 2.05) is 12.4 Å². The van der Waals surface area contributed by atoms with Crippen molar-refractivity contribution in [2.45, 2.75) is 88.1 Å². The summed E-state index contributed by atoms with van der Waals surface area (Å²) in [6, 6.07) is 8.28. The molecule has 3 atom stereocenters. The molecule has 7 heteroatoms. The van der Waals surface area contributed by atoms with E-state index in [1.165, 1.54) is 12.1 Å². The first-order valence-corrected chi connectivity index (χ1v) is 11.7. The van der Waals surface area contributed by atoms with Crippen LogP contribution < -0.4 is 5.32 Å². The number of hydrogen-bond donors (Lipinski definition) is 1. The van der Waals surface area contributed by atoms with Crippen molar-refractivity contribution >= 4 is 6.21 Å². The van der Waals surface area contributed by atoms with Crippen LogP contribution in [0.5, 0.6) is 0 Å². The topological polar surface area (TPSA) is 51.4 Å². The molecule has 1 aromatic carbocycles. The van der Waals surface area contributed by atoms with Crippen LogP contribution in [0.4, 0.5) is 13.2 Å². The third kappa shape index (κ3) is 4.85. The Kier molecular flexibility index (Phi) is 6.62. The summed E-state index contributed by atoms with van der Waals surface area (Å²) in [5.41, 5.74) is 0.283. The van der Waals surface area contributed by atoms with Gasteiger partial charge in [0.1, 0.15) is 11.6 Å². The number of nitriles is 1. The Morgan fingerprint density at radius 1 is 1.16 bits per heavy atom. The third-order valence-electron chi connectivity index (χ3n) is 7.11. The van der Waals surface area contributed by atoms with E-state index < -0.39 is 23.8 Å². The fourth-order valence-electron chi connectivity index (χ4n) is 5.11. The van der Waals surface area contributed by atoms with E-state index in [1.54, 1.807) is 18.2 Å². The second kappa shape index (κ2) is 9.27. The maximum absolute atomic E-state index is 14.2. The molecule has 3 aliphatic rings. The smallest absolute Gasteiger partial charge is 0.355 e. The van der Waals surface area contributed by atoms with Crippen LogP contribution in [0.1, 0.15) is 69.9 Å². The first kappa shape index (κ1) is 22.8. The van der Waals surface area contributed by atoms with E-state index >= 15 is 0 Å². The van der Waals surface area contributed by atoms with Crippen LogP contribution in [0, 0.1) is 17.2 Å². The highest BCUT2D eigenvalue weighted by Crippen LogP contribution is 2.44. The van der Waals surface area contributed by atoms with Crippen LogP contribution in [0.25, 0.3) is 0 Å². The first-order chi connectivity index (χ1) is 15.3. The monoisotopic (exact) mass is 444 g/mol. The molecule has 0 spiro atoms. The number of hydrogen-bond acceptors (Lipinski definition) is 4. The molecule has 1 N–H and O–H groups in total. The number of benzene rings is 1. The molecule has 3 unspecified atom stereocenters. The fraction of sp³-hybridized carbons (Fsp3) is 0.600. The molecule has 1 aliphatic heterocycles. The molecule has 2 saturated carbocycles. The lowest BCUT2D eigenvalue weighted by Crippen LogP contribution is -2.46. The van der Waals surface area contributed by atoms with Gasteiger partial charge in [-0.15, -0.1) is 0 Å². The minimum Gasteiger partial charge on any atom is -0.355 e. The van der Waals surface area contributed by atoms with Crippen molar-refractivity contribution in [2.75, 3.05) is 0 Å². The second-order valence-electron chi connectivity index (χ2n) is 9.43. The molecule has 0 bridgehead atoms. The Morgan fingerprint density at radius 2 is 1.84 bits per heavy atom. The van der Waals surface area contributed by atoms with E-state index in [0.717, 1.165) is 44.9 Å². The van der Waals surface area contributed by atoms with Gasteiger partial charge in [-0.25, -0.2) is 0 Å². The average Bonchev–Trinajstić information content (AvgIpc) is 3.60. The second-order valence-corrected chi connectivity index (χ2v) is 9.43. The van der Waals surface area contributed by atoms with Crippen LogP contribution in [0.2, 0.25) is 0 Å². The molecular weight excluding hydrogens is 413 g/mol. The number of alkyl halides is 3. The molecule has 0 radical (unpaired) electrons. The third-order valence-corrected chi connectivity index (χ3v) is 7.11. The summed E-state index contributed by atoms with van der Waals surface area (Å²) in [6.07, 6.45) is 6.42. The largest absolute Gasteiger partial charge is 0.407 e. The predicted octanol–water partition coefficient (Wildman–Crippen LogP) is 5.89. The molecular formula is C25H31F3N4. The van der Waals surface area contributed by atoms with E-state index in [0.29, 0.717) is 12.1 Å². The van der Waals surface area contributed by atoms with E-state index in [2.05, 4.69) is 28.2 Å². The summed E-state index contributed by atoms with van der Waals surface area (Å²) in [6.45, 7) is 2.05. The van der Waals surface area contributed by atoms with Crippen LogP contribution in [0.3, 0.4) is 0 Å². The normalized spacial score (nSPS) is 25.4. The summed E-state index contributed by atoms with van der Waals surface area (Å²) in [7, 11) is 0. The molecule has 2 fully saturated rings. The molecule has 0 saturated heterocycles. The van der Waals surface area contributed by atoms with Gasteiger partial charge in [0.05, 0.1) is 17.8 Å². The minimum atomic E-state index is -4.43. The van der Waals surface area contributed by atoms with Gasteiger partial charge in [-0.2, -0.15) is 18.4 Å². The highest BCUT2D eigenvalue weighted by Gasteiger charge is 2.50. The molecule has 32 heavy (non-hydrogen) atoms. The molecule has 0 aromatic heterocycles. The van der Waals surface area contributed by atoms with Gasteiger partial charge in [-0.1, -0.05) is 49.6 Å². The molecule has 1 heterocycles. The summed E-state index contributed by atoms with van der Waals surface area (Å²) < 4.78 is 42.6. The lowest BCUT2D eigenvalue weighted by Gasteiger charge is -2.36. The van der Waals surface area contributed by atoms with Gasteiger partial charge in [-0.05, 0) is 44.1 Å². The van der Waals surface area contributed by atoms with Crippen LogP contribution in [-0.4, -0.2) is 34.9 Å². The Morgan fingerprint density at radius 3 is 2.44 bits per heavy atom. The van der Waals surface area contributed by atoms with Gasteiger partial charge in [0.2, 0.25) is 0 Å². The zero-order valence-corrected chi connectivity index (χ0v) is 18.5. The Hall–Kier alpha value is -2.33. The van der Waals surface area contributed by atoms with Crippen molar-refractivity contribution in [1.29, 1.82) is 5.26 Å². The predicted molar refractivity (Wildman–Crippen MR) is 119 cm³/mol. The van der Waals surface area contributed by atoms with Gasteiger partial charge in [0, 0.05) is 24.9 Å². The van der Waals surface area contributed by atoms with Gasteiger partial charge < -0.3 is 4.90 Å². The maximum Gasteiger partial charge on any atom is 0.407 e. The molecule has 0 amide bonds. The molecule has 2 aliphatic carbocycles. The average molecular weight is 445 g/mol. The van der Waals surface area contributed by atoms with Crippen molar-refractivity contribution in [2.24, 2.45) is 10.9 Å². The minimum absolute atomic E-state index is 0.0770.